The number of hydrogen-bond acceptors (Lipinski definition) is 1. The van der Waals surface area contributed by atoms with Gasteiger partial charge in [-0.1, -0.05) is 12.1 Å². The van der Waals surface area contributed by atoms with Crippen LogP contribution in [0, 0.1) is 0 Å². The third kappa shape index (κ3) is 0.976. The van der Waals surface area contributed by atoms with Crippen LogP contribution < -0.4 is 4.57 Å². The Bertz CT molecular complexity index is 610. The first-order valence-electron chi connectivity index (χ1n) is 4.62. The summed E-state index contributed by atoms with van der Waals surface area (Å²) in [5.74, 6) is 0. The minimum Gasteiger partial charge on any atom is -0.200 e. The Morgan fingerprint density at radius 1 is 1.00 bits per heavy atom. The van der Waals surface area contributed by atoms with E-state index in [1.807, 2.05) is 11.3 Å². The van der Waals surface area contributed by atoms with Gasteiger partial charge in [0.25, 0.3) is 0 Å². The Kier molecular flexibility index (Phi) is 1.58. The molecule has 1 nitrogen and oxygen atoms in total. The molecule has 0 saturated heterocycles. The molecule has 3 rings (SSSR count). The lowest BCUT2D eigenvalue weighted by Gasteiger charge is -1.89. The maximum absolute atomic E-state index is 2.19. The van der Waals surface area contributed by atoms with Gasteiger partial charge in [0, 0.05) is 10.8 Å². The predicted molar refractivity (Wildman–Crippen MR) is 60.5 cm³/mol. The van der Waals surface area contributed by atoms with Crippen LogP contribution in [0.4, 0.5) is 0 Å². The lowest BCUT2D eigenvalue weighted by atomic mass is 10.2. The van der Waals surface area contributed by atoms with Gasteiger partial charge >= 0.3 is 0 Å². The first-order chi connectivity index (χ1) is 6.86. The molecule has 0 aliphatic carbocycles. The first kappa shape index (κ1) is 7.94. The number of thiophene rings is 1. The monoisotopic (exact) mass is 200 g/mol. The predicted octanol–water partition coefficient (Wildman–Crippen LogP) is 2.88. The third-order valence-corrected chi connectivity index (χ3v) is 3.63. The number of benzene rings is 1. The zero-order chi connectivity index (χ0) is 9.54. The molecule has 0 fully saturated rings. The van der Waals surface area contributed by atoms with Gasteiger partial charge in [0.1, 0.15) is 11.7 Å². The van der Waals surface area contributed by atoms with Gasteiger partial charge in [-0.05, 0) is 18.2 Å². The minimum absolute atomic E-state index is 1.34. The number of rotatable bonds is 0. The van der Waals surface area contributed by atoms with Crippen LogP contribution in [-0.2, 0) is 7.05 Å². The summed E-state index contributed by atoms with van der Waals surface area (Å²) in [7, 11) is 2.10. The van der Waals surface area contributed by atoms with Crippen molar-refractivity contribution < 1.29 is 4.57 Å². The highest BCUT2D eigenvalue weighted by Gasteiger charge is 2.11. The molecule has 2 heteroatoms. The molecule has 0 atom stereocenters. The SMILES string of the molecule is C[n+]1cccc2sc3ccccc3c21. The average Bonchev–Trinajstić information content (AvgIpc) is 2.57. The fourth-order valence-corrected chi connectivity index (χ4v) is 3.02. The Morgan fingerprint density at radius 3 is 2.71 bits per heavy atom. The average molecular weight is 200 g/mol. The second kappa shape index (κ2) is 2.79. The summed E-state index contributed by atoms with van der Waals surface area (Å²) in [6.07, 6.45) is 2.10. The maximum atomic E-state index is 2.19. The summed E-state index contributed by atoms with van der Waals surface area (Å²) < 4.78 is 4.91. The van der Waals surface area contributed by atoms with E-state index in [0.29, 0.717) is 0 Å². The number of aromatic nitrogens is 1. The molecule has 0 N–H and O–H groups in total. The van der Waals surface area contributed by atoms with Gasteiger partial charge in [-0.25, -0.2) is 0 Å². The summed E-state index contributed by atoms with van der Waals surface area (Å²) in [5.41, 5.74) is 1.34. The van der Waals surface area contributed by atoms with Gasteiger partial charge in [0.05, 0.1) is 5.39 Å². The van der Waals surface area contributed by atoms with Crippen LogP contribution >= 0.6 is 11.3 Å². The van der Waals surface area contributed by atoms with Crippen molar-refractivity contribution in [1.82, 2.24) is 0 Å². The van der Waals surface area contributed by atoms with Crippen molar-refractivity contribution in [2.24, 2.45) is 7.05 Å². The van der Waals surface area contributed by atoms with Crippen LogP contribution in [0.5, 0.6) is 0 Å². The Labute approximate surface area is 86.2 Å². The van der Waals surface area contributed by atoms with E-state index in [0.717, 1.165) is 0 Å². The summed E-state index contributed by atoms with van der Waals surface area (Å²) in [5, 5.41) is 1.36. The fourth-order valence-electron chi connectivity index (χ4n) is 1.86. The molecule has 3 aromatic rings. The Hall–Kier alpha value is -1.41. The van der Waals surface area contributed by atoms with Crippen LogP contribution in [0.3, 0.4) is 0 Å². The highest BCUT2D eigenvalue weighted by molar-refractivity contribution is 7.25. The molecule has 0 unspecified atom stereocenters. The van der Waals surface area contributed by atoms with E-state index >= 15 is 0 Å². The van der Waals surface area contributed by atoms with E-state index in [1.165, 1.54) is 20.3 Å². The van der Waals surface area contributed by atoms with Gasteiger partial charge in [-0.3, -0.25) is 0 Å². The Morgan fingerprint density at radius 2 is 1.79 bits per heavy atom. The maximum Gasteiger partial charge on any atom is 0.231 e. The lowest BCUT2D eigenvalue weighted by Crippen LogP contribution is -2.27. The van der Waals surface area contributed by atoms with E-state index < -0.39 is 0 Å². The van der Waals surface area contributed by atoms with E-state index in [4.69, 9.17) is 0 Å². The zero-order valence-corrected chi connectivity index (χ0v) is 8.71. The van der Waals surface area contributed by atoms with Crippen molar-refractivity contribution in [2.45, 2.75) is 0 Å². The van der Waals surface area contributed by atoms with Gasteiger partial charge < -0.3 is 0 Å². The van der Waals surface area contributed by atoms with Crippen LogP contribution in [0.1, 0.15) is 0 Å². The van der Waals surface area contributed by atoms with Gasteiger partial charge in [0.2, 0.25) is 5.52 Å². The Balaban J connectivity index is 2.65. The van der Waals surface area contributed by atoms with E-state index in [-0.39, 0.29) is 0 Å². The van der Waals surface area contributed by atoms with Crippen molar-refractivity contribution in [3.05, 3.63) is 42.6 Å². The van der Waals surface area contributed by atoms with Crippen molar-refractivity contribution in [3.8, 4) is 0 Å². The van der Waals surface area contributed by atoms with E-state index in [1.54, 1.807) is 0 Å². The highest BCUT2D eigenvalue weighted by atomic mass is 32.1. The molecule has 14 heavy (non-hydrogen) atoms. The number of nitrogens with zero attached hydrogens (tertiary/aromatic N) is 1. The molecule has 0 aliphatic heterocycles. The largest absolute Gasteiger partial charge is 0.231 e. The molecule has 0 radical (unpaired) electrons. The van der Waals surface area contributed by atoms with Crippen LogP contribution in [-0.4, -0.2) is 0 Å². The quantitative estimate of drug-likeness (QED) is 0.491. The normalized spacial score (nSPS) is 11.2. The number of pyridine rings is 1. The van der Waals surface area contributed by atoms with Crippen molar-refractivity contribution in [2.75, 3.05) is 0 Å². The molecular formula is C12H10NS+. The molecule has 68 valence electrons. The summed E-state index contributed by atoms with van der Waals surface area (Å²) in [4.78, 5) is 0. The van der Waals surface area contributed by atoms with E-state index in [9.17, 15) is 0 Å². The van der Waals surface area contributed by atoms with E-state index in [2.05, 4.69) is 54.2 Å². The lowest BCUT2D eigenvalue weighted by molar-refractivity contribution is -0.644. The summed E-state index contributed by atoms with van der Waals surface area (Å²) >= 11 is 1.85. The number of hydrogen-bond donors (Lipinski definition) is 0. The zero-order valence-electron chi connectivity index (χ0n) is 7.90. The molecular weight excluding hydrogens is 190 g/mol. The molecule has 0 amide bonds. The van der Waals surface area contributed by atoms with Gasteiger partial charge in [-0.2, -0.15) is 4.57 Å². The third-order valence-electron chi connectivity index (χ3n) is 2.51. The van der Waals surface area contributed by atoms with Gasteiger partial charge in [0.15, 0.2) is 6.20 Å². The van der Waals surface area contributed by atoms with Gasteiger partial charge in [-0.15, -0.1) is 11.3 Å². The molecule has 1 aromatic carbocycles. The fraction of sp³-hybridized carbons (Fsp3) is 0.0833. The second-order valence-electron chi connectivity index (χ2n) is 3.43. The van der Waals surface area contributed by atoms with Crippen molar-refractivity contribution in [3.63, 3.8) is 0 Å². The molecule has 0 spiro atoms. The minimum atomic E-state index is 1.34. The standard InChI is InChI=1S/C12H10NS/c1-13-8-4-7-11-12(13)9-5-2-3-6-10(9)14-11/h2-8H,1H3/q+1. The van der Waals surface area contributed by atoms with Crippen LogP contribution in [0.2, 0.25) is 0 Å². The summed E-state index contributed by atoms with van der Waals surface area (Å²) in [6.45, 7) is 0. The number of fused-ring (bicyclic) bond motifs is 3. The highest BCUT2D eigenvalue weighted by Crippen LogP contribution is 2.30. The number of aryl methyl sites for hydroxylation is 1. The topological polar surface area (TPSA) is 3.88 Å². The van der Waals surface area contributed by atoms with Crippen molar-refractivity contribution in [1.29, 1.82) is 0 Å². The first-order valence-corrected chi connectivity index (χ1v) is 5.44. The molecule has 2 aromatic heterocycles. The summed E-state index contributed by atoms with van der Waals surface area (Å²) in [6, 6.07) is 12.8. The molecule has 2 heterocycles. The molecule has 0 saturated carbocycles. The van der Waals surface area contributed by atoms with Crippen molar-refractivity contribution >= 4 is 31.6 Å². The second-order valence-corrected chi connectivity index (χ2v) is 4.51. The smallest absolute Gasteiger partial charge is 0.200 e. The van der Waals surface area contributed by atoms with Crippen LogP contribution in [0.25, 0.3) is 20.3 Å². The van der Waals surface area contributed by atoms with Crippen LogP contribution in [0.15, 0.2) is 42.6 Å². The molecule has 0 aliphatic rings. The molecule has 0 bridgehead atoms.